The number of fused-ring (bicyclic) bond motifs is 12. The average molecular weight is 887 g/mol. The van der Waals surface area contributed by atoms with Gasteiger partial charge in [0, 0.05) is 21.5 Å². The van der Waals surface area contributed by atoms with Crippen molar-refractivity contribution in [2.75, 3.05) is 0 Å². The minimum Gasteiger partial charge on any atom is -0.289 e. The summed E-state index contributed by atoms with van der Waals surface area (Å²) in [5, 5.41) is 19.6. The molecule has 0 aliphatic rings. The second-order valence-electron chi connectivity index (χ2n) is 18.8. The molecule has 0 saturated heterocycles. The van der Waals surface area contributed by atoms with Gasteiger partial charge >= 0.3 is 0 Å². The molecule has 0 bridgehead atoms. The van der Waals surface area contributed by atoms with Crippen molar-refractivity contribution >= 4 is 108 Å². The van der Waals surface area contributed by atoms with Gasteiger partial charge in [-0.15, -0.1) is 0 Å². The lowest BCUT2D eigenvalue weighted by atomic mass is 9.78. The number of hydrogen-bond acceptors (Lipinski definition) is 2. The first-order valence-electron chi connectivity index (χ1n) is 24.0. The van der Waals surface area contributed by atoms with Gasteiger partial charge in [0.25, 0.3) is 0 Å². The molecule has 0 radical (unpaired) electrons. The first-order valence-corrected chi connectivity index (χ1v) is 24.0. The summed E-state index contributed by atoms with van der Waals surface area (Å²) < 4.78 is 0. The minimum absolute atomic E-state index is 0.0332. The van der Waals surface area contributed by atoms with Gasteiger partial charge in [-0.1, -0.05) is 206 Å². The van der Waals surface area contributed by atoms with E-state index in [4.69, 9.17) is 0 Å². The summed E-state index contributed by atoms with van der Waals surface area (Å²) >= 11 is 0. The maximum atomic E-state index is 14.8. The van der Waals surface area contributed by atoms with Crippen LogP contribution in [0.15, 0.2) is 240 Å². The third-order valence-corrected chi connectivity index (χ3v) is 15.3. The van der Waals surface area contributed by atoms with E-state index in [9.17, 15) is 9.59 Å². The zero-order valence-electron chi connectivity index (χ0n) is 37.8. The molecular formula is C68H38O2. The molecule has 2 nitrogen and oxygen atoms in total. The van der Waals surface area contributed by atoms with E-state index in [1.54, 1.807) is 0 Å². The Bertz CT molecular complexity index is 4420. The predicted molar refractivity (Wildman–Crippen MR) is 298 cm³/mol. The van der Waals surface area contributed by atoms with E-state index in [-0.39, 0.29) is 10.9 Å². The van der Waals surface area contributed by atoms with E-state index in [0.717, 1.165) is 120 Å². The van der Waals surface area contributed by atoms with E-state index < -0.39 is 0 Å². The van der Waals surface area contributed by atoms with Crippen molar-refractivity contribution in [2.45, 2.75) is 0 Å². The quantitative estimate of drug-likeness (QED) is 0.165. The van der Waals surface area contributed by atoms with Crippen LogP contribution in [-0.4, -0.2) is 0 Å². The van der Waals surface area contributed by atoms with Gasteiger partial charge in [-0.2, -0.15) is 0 Å². The van der Waals surface area contributed by atoms with Crippen molar-refractivity contribution < 1.29 is 0 Å². The lowest BCUT2D eigenvalue weighted by Gasteiger charge is -2.24. The number of benzene rings is 13. The Labute approximate surface area is 401 Å². The second kappa shape index (κ2) is 14.6. The maximum Gasteiger partial charge on any atom is 0.194 e. The van der Waals surface area contributed by atoms with Crippen LogP contribution in [0.1, 0.15) is 0 Å². The largest absolute Gasteiger partial charge is 0.289 e. The standard InChI is InChI=1S/C68H38O2/c69-67-52-34-18-8-24-42(52)54-36-56-57(37-59(54)67)65(63-47-29-13-9-25-43(47)61(39-19-3-1-4-20-39)44-26-10-14-30-48(44)63)55-35-53-41-23-7-17-33-51(41)68(70)60(53)38-58(55)66(56)64-49-31-15-11-27-45(49)62(40-21-5-2-6-22-40)46-28-12-16-32-50(46)64/h1-38H. The fraction of sp³-hybridized carbons (Fsp3) is 0. The van der Waals surface area contributed by atoms with Crippen LogP contribution in [0.5, 0.6) is 0 Å². The Kier molecular flexibility index (Phi) is 8.11. The van der Waals surface area contributed by atoms with Crippen LogP contribution in [0.3, 0.4) is 0 Å². The average Bonchev–Trinajstić information content (AvgIpc) is 3.86. The van der Waals surface area contributed by atoms with Crippen LogP contribution in [-0.2, 0) is 0 Å². The van der Waals surface area contributed by atoms with Crippen molar-refractivity contribution in [2.24, 2.45) is 0 Å². The van der Waals surface area contributed by atoms with E-state index in [1.807, 2.05) is 36.4 Å². The Balaban J connectivity index is 1.25. The molecule has 0 N–H and O–H groups in total. The van der Waals surface area contributed by atoms with Crippen LogP contribution in [0.2, 0.25) is 0 Å². The molecule has 2 heteroatoms. The molecule has 0 aliphatic heterocycles. The first kappa shape index (κ1) is 38.8. The molecule has 15 rings (SSSR count). The topological polar surface area (TPSA) is 34.1 Å². The fourth-order valence-corrected chi connectivity index (χ4v) is 12.4. The van der Waals surface area contributed by atoms with E-state index in [1.165, 1.54) is 11.1 Å². The third-order valence-electron chi connectivity index (χ3n) is 15.3. The normalized spacial score (nSPS) is 12.1. The minimum atomic E-state index is 0.0332. The van der Waals surface area contributed by atoms with Gasteiger partial charge in [0.15, 0.2) is 10.9 Å². The van der Waals surface area contributed by atoms with E-state index >= 15 is 0 Å². The zero-order chi connectivity index (χ0) is 46.2. The molecule has 0 saturated carbocycles. The molecule has 0 aliphatic carbocycles. The van der Waals surface area contributed by atoms with Crippen LogP contribution < -0.4 is 10.9 Å². The maximum absolute atomic E-state index is 14.8. The lowest BCUT2D eigenvalue weighted by molar-refractivity contribution is 1.67. The zero-order valence-corrected chi connectivity index (χ0v) is 37.8. The summed E-state index contributed by atoms with van der Waals surface area (Å²) in [4.78, 5) is 29.7. The van der Waals surface area contributed by atoms with Gasteiger partial charge in [-0.3, -0.25) is 9.59 Å². The molecule has 0 amide bonds. The number of rotatable bonds is 4. The highest BCUT2D eigenvalue weighted by molar-refractivity contribution is 6.36. The summed E-state index contributed by atoms with van der Waals surface area (Å²) in [5.41, 5.74) is 9.02. The van der Waals surface area contributed by atoms with Crippen molar-refractivity contribution in [1.82, 2.24) is 0 Å². The van der Waals surface area contributed by atoms with Crippen LogP contribution in [0, 0.1) is 0 Å². The SMILES string of the molecule is O=c1c2ccccc2c2cc3c(-c4c5ccccc5c(-c5ccccc5)c5ccccc45)c4cc5c(=O)c6ccccc6c5cc4c(-c4c5ccccc5c(-c5ccccc5)c5ccccc45)c3cc12. The molecular weight excluding hydrogens is 849 g/mol. The third kappa shape index (κ3) is 5.28. The van der Waals surface area contributed by atoms with Crippen molar-refractivity contribution in [3.63, 3.8) is 0 Å². The molecule has 0 unspecified atom stereocenters. The van der Waals surface area contributed by atoms with Gasteiger partial charge in [0.2, 0.25) is 0 Å². The Morgan fingerprint density at radius 1 is 0.157 bits per heavy atom. The number of hydrogen-bond donors (Lipinski definition) is 0. The molecule has 15 aromatic carbocycles. The molecule has 0 aromatic heterocycles. The molecule has 70 heavy (non-hydrogen) atoms. The van der Waals surface area contributed by atoms with Crippen molar-refractivity contribution in [3.8, 4) is 44.5 Å². The molecule has 0 atom stereocenters. The Morgan fingerprint density at radius 3 is 0.671 bits per heavy atom. The van der Waals surface area contributed by atoms with Gasteiger partial charge in [0.05, 0.1) is 0 Å². The Morgan fingerprint density at radius 2 is 0.371 bits per heavy atom. The highest BCUT2D eigenvalue weighted by atomic mass is 16.1. The summed E-state index contributed by atoms with van der Waals surface area (Å²) in [5.74, 6) is 0. The van der Waals surface area contributed by atoms with Gasteiger partial charge in [-0.05, 0) is 155 Å². The van der Waals surface area contributed by atoms with Gasteiger partial charge < -0.3 is 0 Å². The van der Waals surface area contributed by atoms with Crippen LogP contribution in [0.4, 0.5) is 0 Å². The monoisotopic (exact) mass is 886 g/mol. The highest BCUT2D eigenvalue weighted by Gasteiger charge is 2.28. The second-order valence-corrected chi connectivity index (χ2v) is 18.8. The molecule has 0 spiro atoms. The summed E-state index contributed by atoms with van der Waals surface area (Å²) in [7, 11) is 0. The molecule has 322 valence electrons. The first-order chi connectivity index (χ1) is 34.6. The summed E-state index contributed by atoms with van der Waals surface area (Å²) in [6.45, 7) is 0. The van der Waals surface area contributed by atoms with Crippen LogP contribution in [0.25, 0.3) is 152 Å². The smallest absolute Gasteiger partial charge is 0.194 e. The fourth-order valence-electron chi connectivity index (χ4n) is 12.4. The Hall–Kier alpha value is -9.24. The van der Waals surface area contributed by atoms with Crippen LogP contribution >= 0.6 is 0 Å². The van der Waals surface area contributed by atoms with Crippen molar-refractivity contribution in [3.05, 3.63) is 251 Å². The van der Waals surface area contributed by atoms with E-state index in [0.29, 0.717) is 21.5 Å². The lowest BCUT2D eigenvalue weighted by Crippen LogP contribution is -1.99. The highest BCUT2D eigenvalue weighted by Crippen LogP contribution is 2.54. The summed E-state index contributed by atoms with van der Waals surface area (Å²) in [6.07, 6.45) is 0. The van der Waals surface area contributed by atoms with Crippen molar-refractivity contribution in [1.29, 1.82) is 0 Å². The van der Waals surface area contributed by atoms with E-state index in [2.05, 4.69) is 194 Å². The predicted octanol–water partition coefficient (Wildman–Crippen LogP) is 17.5. The van der Waals surface area contributed by atoms with Gasteiger partial charge in [-0.25, -0.2) is 0 Å². The molecule has 0 heterocycles. The molecule has 0 fully saturated rings. The summed E-state index contributed by atoms with van der Waals surface area (Å²) in [6, 6.07) is 81.7. The molecule has 15 aromatic rings. The van der Waals surface area contributed by atoms with Gasteiger partial charge in [0.1, 0.15) is 0 Å².